The Balaban J connectivity index is 3.98. The van der Waals surface area contributed by atoms with Crippen LogP contribution in [0.4, 0.5) is 0 Å². The Morgan fingerprint density at radius 1 is 1.00 bits per heavy atom. The van der Waals surface area contributed by atoms with E-state index in [1.807, 2.05) is 0 Å². The van der Waals surface area contributed by atoms with Gasteiger partial charge >= 0.3 is 0 Å². The van der Waals surface area contributed by atoms with E-state index in [2.05, 4.69) is 39.8 Å². The van der Waals surface area contributed by atoms with E-state index in [4.69, 9.17) is 7.98 Å². The van der Waals surface area contributed by atoms with E-state index < -0.39 is 0 Å². The lowest BCUT2D eigenvalue weighted by Gasteiger charge is -2.37. The van der Waals surface area contributed by atoms with Gasteiger partial charge in [-0.3, -0.25) is 0 Å². The smallest absolute Gasteiger partial charge is 0.177 e. The first kappa shape index (κ1) is 18.0. The molecule has 0 aliphatic carbocycles. The highest BCUT2D eigenvalue weighted by molar-refractivity contribution is 6.04. The van der Waals surface area contributed by atoms with E-state index in [0.29, 0.717) is 5.41 Å². The van der Waals surface area contributed by atoms with Crippen molar-refractivity contribution < 1.29 is 0 Å². The number of hydrogen-bond donors (Lipinski definition) is 1. The maximum Gasteiger partial charge on any atom is 0.177 e. The highest BCUT2D eigenvalue weighted by Crippen LogP contribution is 2.36. The van der Waals surface area contributed by atoms with Crippen molar-refractivity contribution in [1.29, 1.82) is 0 Å². The first-order valence-electron chi connectivity index (χ1n) is 7.89. The maximum atomic E-state index is 5.51. The van der Waals surface area contributed by atoms with Gasteiger partial charge in [0.1, 0.15) is 0 Å². The van der Waals surface area contributed by atoms with Crippen molar-refractivity contribution in [3.8, 4) is 0 Å². The second-order valence-corrected chi connectivity index (χ2v) is 6.78. The molecule has 1 unspecified atom stereocenters. The zero-order chi connectivity index (χ0) is 14.0. The molecule has 0 rings (SSSR count). The van der Waals surface area contributed by atoms with Gasteiger partial charge in [-0.1, -0.05) is 73.1 Å². The molecule has 18 heavy (non-hydrogen) atoms. The van der Waals surface area contributed by atoms with Gasteiger partial charge in [-0.25, -0.2) is 0 Å². The highest BCUT2D eigenvalue weighted by Gasteiger charge is 2.30. The van der Waals surface area contributed by atoms with Crippen molar-refractivity contribution in [3.63, 3.8) is 0 Å². The van der Waals surface area contributed by atoms with Gasteiger partial charge in [0.25, 0.3) is 0 Å². The van der Waals surface area contributed by atoms with E-state index in [1.54, 1.807) is 0 Å². The van der Waals surface area contributed by atoms with Crippen molar-refractivity contribution in [2.75, 3.05) is 6.54 Å². The van der Waals surface area contributed by atoms with Crippen molar-refractivity contribution in [2.45, 2.75) is 79.6 Å². The molecule has 0 bridgehead atoms. The standard InChI is InChI=1S/C16H34BN/c1-6-7-8-9-10-11-12-15(14(2)3)16(4,5)13-18-17/h14-15,18H,6-13H2,1-5H3. The third-order valence-electron chi connectivity index (χ3n) is 4.23. The summed E-state index contributed by atoms with van der Waals surface area (Å²) >= 11 is 0. The van der Waals surface area contributed by atoms with Gasteiger partial charge in [0.15, 0.2) is 7.98 Å². The summed E-state index contributed by atoms with van der Waals surface area (Å²) in [5.41, 5.74) is 0.298. The Morgan fingerprint density at radius 3 is 2.06 bits per heavy atom. The summed E-state index contributed by atoms with van der Waals surface area (Å²) in [7, 11) is 5.51. The van der Waals surface area contributed by atoms with Crippen LogP contribution in [0.5, 0.6) is 0 Å². The zero-order valence-electron chi connectivity index (χ0n) is 13.4. The minimum atomic E-state index is 0.298. The Labute approximate surface area is 117 Å². The van der Waals surface area contributed by atoms with Crippen LogP contribution in [0.15, 0.2) is 0 Å². The lowest BCUT2D eigenvalue weighted by atomic mass is 9.70. The van der Waals surface area contributed by atoms with Crippen molar-refractivity contribution in [2.24, 2.45) is 17.3 Å². The fraction of sp³-hybridized carbons (Fsp3) is 1.00. The summed E-state index contributed by atoms with van der Waals surface area (Å²) < 4.78 is 0. The molecule has 0 heterocycles. The van der Waals surface area contributed by atoms with E-state index in [1.165, 1.54) is 44.9 Å². The topological polar surface area (TPSA) is 12.0 Å². The van der Waals surface area contributed by atoms with Gasteiger partial charge in [-0.15, -0.1) is 0 Å². The molecule has 0 aliphatic rings. The molecule has 0 aliphatic heterocycles. The SMILES string of the molecule is [B]NCC(C)(C)C(CCCCCCCC)C(C)C. The summed E-state index contributed by atoms with van der Waals surface area (Å²) in [4.78, 5) is 0. The number of unbranched alkanes of at least 4 members (excludes halogenated alkanes) is 5. The summed E-state index contributed by atoms with van der Waals surface area (Å²) in [5.74, 6) is 1.50. The molecule has 1 nitrogen and oxygen atoms in total. The van der Waals surface area contributed by atoms with E-state index in [-0.39, 0.29) is 0 Å². The maximum absolute atomic E-state index is 5.51. The number of rotatable bonds is 11. The Kier molecular flexibility index (Phi) is 9.90. The van der Waals surface area contributed by atoms with Crippen LogP contribution in [0.2, 0.25) is 0 Å². The van der Waals surface area contributed by atoms with Gasteiger partial charge in [-0.05, 0) is 30.2 Å². The second kappa shape index (κ2) is 9.89. The van der Waals surface area contributed by atoms with Crippen LogP contribution in [0.1, 0.15) is 79.6 Å². The molecule has 1 atom stereocenters. The molecule has 0 aromatic rings. The highest BCUT2D eigenvalue weighted by atomic mass is 14.8. The van der Waals surface area contributed by atoms with Crippen LogP contribution in [0.25, 0.3) is 0 Å². The Morgan fingerprint density at radius 2 is 1.56 bits per heavy atom. The molecule has 0 saturated heterocycles. The fourth-order valence-electron chi connectivity index (χ4n) is 3.17. The first-order valence-corrected chi connectivity index (χ1v) is 7.89. The van der Waals surface area contributed by atoms with Crippen molar-refractivity contribution >= 4 is 7.98 Å². The molecule has 0 aromatic heterocycles. The predicted molar refractivity (Wildman–Crippen MR) is 83.9 cm³/mol. The van der Waals surface area contributed by atoms with E-state index >= 15 is 0 Å². The molecule has 106 valence electrons. The molecule has 0 saturated carbocycles. The van der Waals surface area contributed by atoms with Crippen molar-refractivity contribution in [3.05, 3.63) is 0 Å². The van der Waals surface area contributed by atoms with Gasteiger partial charge in [0.2, 0.25) is 0 Å². The second-order valence-electron chi connectivity index (χ2n) is 6.78. The fourth-order valence-corrected chi connectivity index (χ4v) is 3.17. The molecule has 0 fully saturated rings. The molecular weight excluding hydrogens is 217 g/mol. The lowest BCUT2D eigenvalue weighted by Crippen LogP contribution is -2.37. The van der Waals surface area contributed by atoms with Gasteiger partial charge in [0.05, 0.1) is 0 Å². The van der Waals surface area contributed by atoms with Crippen LogP contribution in [0.3, 0.4) is 0 Å². The summed E-state index contributed by atoms with van der Waals surface area (Å²) in [5, 5.41) is 2.86. The van der Waals surface area contributed by atoms with Crippen LogP contribution < -0.4 is 5.23 Å². The Hall–Kier alpha value is 0.0249. The molecule has 2 radical (unpaired) electrons. The summed E-state index contributed by atoms with van der Waals surface area (Å²) in [6.07, 6.45) is 9.68. The zero-order valence-corrected chi connectivity index (χ0v) is 13.4. The summed E-state index contributed by atoms with van der Waals surface area (Å²) in [6.45, 7) is 12.6. The quantitative estimate of drug-likeness (QED) is 0.414. The number of nitrogens with one attached hydrogen (secondary N) is 1. The molecule has 2 heteroatoms. The third kappa shape index (κ3) is 7.46. The minimum absolute atomic E-state index is 0.298. The first-order chi connectivity index (χ1) is 8.45. The largest absolute Gasteiger partial charge is 0.366 e. The minimum Gasteiger partial charge on any atom is -0.366 e. The average Bonchev–Trinajstić information content (AvgIpc) is 2.27. The van der Waals surface area contributed by atoms with Gasteiger partial charge in [-0.2, -0.15) is 0 Å². The number of hydrogen-bond acceptors (Lipinski definition) is 1. The third-order valence-corrected chi connectivity index (χ3v) is 4.23. The van der Waals surface area contributed by atoms with E-state index in [0.717, 1.165) is 18.4 Å². The van der Waals surface area contributed by atoms with Crippen LogP contribution >= 0.6 is 0 Å². The monoisotopic (exact) mass is 251 g/mol. The molecule has 0 aromatic carbocycles. The molecule has 0 amide bonds. The van der Waals surface area contributed by atoms with Crippen molar-refractivity contribution in [1.82, 2.24) is 5.23 Å². The van der Waals surface area contributed by atoms with E-state index in [9.17, 15) is 0 Å². The normalized spacial score (nSPS) is 14.1. The summed E-state index contributed by atoms with van der Waals surface area (Å²) in [6, 6.07) is 0. The average molecular weight is 251 g/mol. The van der Waals surface area contributed by atoms with Crippen LogP contribution in [0, 0.1) is 17.3 Å². The Bertz CT molecular complexity index is 190. The molecular formula is C16H34BN. The van der Waals surface area contributed by atoms with Gasteiger partial charge < -0.3 is 5.23 Å². The van der Waals surface area contributed by atoms with Gasteiger partial charge in [0, 0.05) is 0 Å². The molecule has 0 spiro atoms. The molecule has 1 N–H and O–H groups in total. The van der Waals surface area contributed by atoms with Crippen LogP contribution in [-0.2, 0) is 0 Å². The lowest BCUT2D eigenvalue weighted by molar-refractivity contribution is 0.145. The van der Waals surface area contributed by atoms with Crippen LogP contribution in [-0.4, -0.2) is 14.5 Å². The predicted octanol–water partition coefficient (Wildman–Crippen LogP) is 4.71.